The minimum absolute atomic E-state index is 0.267. The lowest BCUT2D eigenvalue weighted by atomic mass is 10.1. The van der Waals surface area contributed by atoms with Crippen LogP contribution in [0.25, 0.3) is 10.9 Å². The van der Waals surface area contributed by atoms with Crippen LogP contribution in [0.3, 0.4) is 0 Å². The van der Waals surface area contributed by atoms with E-state index in [1.54, 1.807) is 12.1 Å². The summed E-state index contributed by atoms with van der Waals surface area (Å²) in [7, 11) is 0. The van der Waals surface area contributed by atoms with Gasteiger partial charge in [-0.1, -0.05) is 28.1 Å². The van der Waals surface area contributed by atoms with Gasteiger partial charge in [0.1, 0.15) is 5.82 Å². The molecule has 1 heterocycles. The van der Waals surface area contributed by atoms with Crippen LogP contribution in [0.1, 0.15) is 5.56 Å². The lowest BCUT2D eigenvalue weighted by Gasteiger charge is -2.09. The molecule has 0 atom stereocenters. The zero-order valence-corrected chi connectivity index (χ0v) is 11.7. The summed E-state index contributed by atoms with van der Waals surface area (Å²) in [6.45, 7) is 0.429. The molecule has 0 aliphatic carbocycles. The molecule has 2 nitrogen and oxygen atoms in total. The number of aromatic nitrogens is 1. The van der Waals surface area contributed by atoms with Gasteiger partial charge < -0.3 is 10.3 Å². The maximum absolute atomic E-state index is 13.8. The minimum Gasteiger partial charge on any atom is -0.398 e. The molecule has 3 rings (SSSR count). The van der Waals surface area contributed by atoms with Crippen LogP contribution < -0.4 is 5.73 Å². The second-order valence-electron chi connectivity index (χ2n) is 4.42. The van der Waals surface area contributed by atoms with Gasteiger partial charge in [0.05, 0.1) is 6.54 Å². The highest BCUT2D eigenvalue weighted by Gasteiger charge is 2.09. The zero-order valence-electron chi connectivity index (χ0n) is 10.1. The highest BCUT2D eigenvalue weighted by molar-refractivity contribution is 9.10. The third kappa shape index (κ3) is 2.12. The Balaban J connectivity index is 2.09. The fourth-order valence-electron chi connectivity index (χ4n) is 2.24. The van der Waals surface area contributed by atoms with Crippen molar-refractivity contribution in [2.75, 3.05) is 5.73 Å². The predicted molar refractivity (Wildman–Crippen MR) is 79.6 cm³/mol. The lowest BCUT2D eigenvalue weighted by Crippen LogP contribution is -2.04. The van der Waals surface area contributed by atoms with Gasteiger partial charge >= 0.3 is 0 Å². The molecule has 4 heteroatoms. The quantitative estimate of drug-likeness (QED) is 0.706. The Morgan fingerprint density at radius 2 is 1.89 bits per heavy atom. The van der Waals surface area contributed by atoms with Crippen LogP contribution in [0.15, 0.2) is 53.1 Å². The molecular formula is C15H12BrFN2. The van der Waals surface area contributed by atoms with E-state index in [1.807, 2.05) is 35.0 Å². The number of anilines is 1. The number of benzene rings is 2. The van der Waals surface area contributed by atoms with Gasteiger partial charge in [-0.05, 0) is 30.3 Å². The summed E-state index contributed by atoms with van der Waals surface area (Å²) in [6.07, 6.45) is 1.95. The van der Waals surface area contributed by atoms with Gasteiger partial charge in [0.25, 0.3) is 0 Å². The van der Waals surface area contributed by atoms with Crippen molar-refractivity contribution in [1.82, 2.24) is 4.57 Å². The van der Waals surface area contributed by atoms with Gasteiger partial charge in [0.2, 0.25) is 0 Å². The Morgan fingerprint density at radius 3 is 2.68 bits per heavy atom. The summed E-state index contributed by atoms with van der Waals surface area (Å²) in [4.78, 5) is 0. The van der Waals surface area contributed by atoms with Crippen LogP contribution in [-0.4, -0.2) is 4.57 Å². The van der Waals surface area contributed by atoms with E-state index in [9.17, 15) is 4.39 Å². The first-order valence-electron chi connectivity index (χ1n) is 5.93. The summed E-state index contributed by atoms with van der Waals surface area (Å²) in [5.41, 5.74) is 7.91. The van der Waals surface area contributed by atoms with Gasteiger partial charge in [-0.2, -0.15) is 0 Å². The van der Waals surface area contributed by atoms with Crippen molar-refractivity contribution in [2.45, 2.75) is 6.54 Å². The SMILES string of the molecule is Nc1cccc(F)c1Cn1ccc2c(Br)cccc21. The first kappa shape index (κ1) is 12.2. The van der Waals surface area contributed by atoms with Crippen molar-refractivity contribution >= 4 is 32.5 Å². The molecule has 0 aliphatic heterocycles. The van der Waals surface area contributed by atoms with Crippen molar-refractivity contribution in [1.29, 1.82) is 0 Å². The molecule has 2 N–H and O–H groups in total. The van der Waals surface area contributed by atoms with Gasteiger partial charge in [0, 0.05) is 32.8 Å². The van der Waals surface area contributed by atoms with Crippen molar-refractivity contribution in [3.05, 3.63) is 64.5 Å². The van der Waals surface area contributed by atoms with E-state index in [-0.39, 0.29) is 5.82 Å². The van der Waals surface area contributed by atoms with E-state index in [0.717, 1.165) is 15.4 Å². The Morgan fingerprint density at radius 1 is 1.11 bits per heavy atom. The van der Waals surface area contributed by atoms with Crippen LogP contribution >= 0.6 is 15.9 Å². The van der Waals surface area contributed by atoms with Crippen molar-refractivity contribution in [3.8, 4) is 0 Å². The summed E-state index contributed by atoms with van der Waals surface area (Å²) >= 11 is 3.51. The summed E-state index contributed by atoms with van der Waals surface area (Å²) < 4.78 is 16.8. The van der Waals surface area contributed by atoms with E-state index in [4.69, 9.17) is 5.73 Å². The molecule has 0 aliphatic rings. The van der Waals surface area contributed by atoms with Gasteiger partial charge in [-0.15, -0.1) is 0 Å². The summed E-state index contributed by atoms with van der Waals surface area (Å²) in [6, 6.07) is 12.8. The van der Waals surface area contributed by atoms with E-state index >= 15 is 0 Å². The summed E-state index contributed by atoms with van der Waals surface area (Å²) in [5.74, 6) is -0.267. The fourth-order valence-corrected chi connectivity index (χ4v) is 2.72. The Labute approximate surface area is 118 Å². The second kappa shape index (κ2) is 4.70. The largest absolute Gasteiger partial charge is 0.398 e. The van der Waals surface area contributed by atoms with Crippen molar-refractivity contribution < 1.29 is 4.39 Å². The normalized spacial score (nSPS) is 11.1. The molecule has 19 heavy (non-hydrogen) atoms. The summed E-state index contributed by atoms with van der Waals surface area (Å²) in [5, 5.41) is 1.11. The molecule has 96 valence electrons. The number of hydrogen-bond acceptors (Lipinski definition) is 1. The Hall–Kier alpha value is -1.81. The Kier molecular flexibility index (Phi) is 3.03. The third-order valence-corrected chi connectivity index (χ3v) is 3.94. The molecule has 0 saturated carbocycles. The third-order valence-electron chi connectivity index (χ3n) is 3.24. The van der Waals surface area contributed by atoms with Crippen LogP contribution in [0.4, 0.5) is 10.1 Å². The molecule has 3 aromatic rings. The van der Waals surface area contributed by atoms with Gasteiger partial charge in [-0.3, -0.25) is 0 Å². The highest BCUT2D eigenvalue weighted by atomic mass is 79.9. The van der Waals surface area contributed by atoms with E-state index in [1.165, 1.54) is 6.07 Å². The number of halogens is 2. The molecule has 0 spiro atoms. The predicted octanol–water partition coefficient (Wildman–Crippen LogP) is 4.17. The molecule has 0 saturated heterocycles. The number of fused-ring (bicyclic) bond motifs is 1. The standard InChI is InChI=1S/C15H12BrFN2/c16-12-3-1-6-15-10(12)7-8-19(15)9-11-13(17)4-2-5-14(11)18/h1-8H,9,18H2. The number of nitrogens with two attached hydrogens (primary N) is 1. The van der Waals surface area contributed by atoms with Gasteiger partial charge in [-0.25, -0.2) is 4.39 Å². The molecule has 0 amide bonds. The number of nitrogens with zero attached hydrogens (tertiary/aromatic N) is 1. The first-order valence-corrected chi connectivity index (χ1v) is 6.72. The van der Waals surface area contributed by atoms with Crippen molar-refractivity contribution in [2.24, 2.45) is 0 Å². The lowest BCUT2D eigenvalue weighted by molar-refractivity contribution is 0.603. The van der Waals surface area contributed by atoms with Crippen LogP contribution in [0.5, 0.6) is 0 Å². The maximum atomic E-state index is 13.8. The molecule has 0 fully saturated rings. The molecule has 1 aromatic heterocycles. The maximum Gasteiger partial charge on any atom is 0.130 e. The smallest absolute Gasteiger partial charge is 0.130 e. The van der Waals surface area contributed by atoms with Crippen LogP contribution in [0.2, 0.25) is 0 Å². The van der Waals surface area contributed by atoms with E-state index in [2.05, 4.69) is 15.9 Å². The Bertz CT molecular complexity index is 729. The number of rotatable bonds is 2. The van der Waals surface area contributed by atoms with E-state index < -0.39 is 0 Å². The van der Waals surface area contributed by atoms with Crippen molar-refractivity contribution in [3.63, 3.8) is 0 Å². The second-order valence-corrected chi connectivity index (χ2v) is 5.28. The molecular weight excluding hydrogens is 307 g/mol. The molecule has 0 bridgehead atoms. The number of hydrogen-bond donors (Lipinski definition) is 1. The zero-order chi connectivity index (χ0) is 13.4. The average Bonchev–Trinajstić information content (AvgIpc) is 2.79. The molecule has 0 radical (unpaired) electrons. The minimum atomic E-state index is -0.267. The highest BCUT2D eigenvalue weighted by Crippen LogP contribution is 2.26. The van der Waals surface area contributed by atoms with Crippen LogP contribution in [-0.2, 0) is 6.54 Å². The number of nitrogen functional groups attached to an aromatic ring is 1. The molecule has 0 unspecified atom stereocenters. The molecule has 2 aromatic carbocycles. The first-order chi connectivity index (χ1) is 9.16. The van der Waals surface area contributed by atoms with Crippen LogP contribution in [0, 0.1) is 5.82 Å². The fraction of sp³-hybridized carbons (Fsp3) is 0.0667. The van der Waals surface area contributed by atoms with E-state index in [0.29, 0.717) is 17.8 Å². The average molecular weight is 319 g/mol. The monoisotopic (exact) mass is 318 g/mol. The topological polar surface area (TPSA) is 30.9 Å². The van der Waals surface area contributed by atoms with Gasteiger partial charge in [0.15, 0.2) is 0 Å².